The van der Waals surface area contributed by atoms with E-state index < -0.39 is 0 Å². The first-order valence-corrected chi connectivity index (χ1v) is 12.5. The number of nitrogens with zero attached hydrogens (tertiary/aromatic N) is 1. The lowest BCUT2D eigenvalue weighted by Gasteiger charge is -2.26. The molecular formula is C30H31NO5. The summed E-state index contributed by atoms with van der Waals surface area (Å²) in [6.07, 6.45) is 5.60. The summed E-state index contributed by atoms with van der Waals surface area (Å²) in [5, 5.41) is 0. The van der Waals surface area contributed by atoms with Gasteiger partial charge in [-0.15, -0.1) is 0 Å². The number of hydrogen-bond acceptors (Lipinski definition) is 6. The minimum atomic E-state index is -0.132. The molecule has 0 aliphatic carbocycles. The van der Waals surface area contributed by atoms with Gasteiger partial charge in [0.25, 0.3) is 0 Å². The summed E-state index contributed by atoms with van der Waals surface area (Å²) in [6, 6.07) is 20.8. The third-order valence-electron chi connectivity index (χ3n) is 6.46. The van der Waals surface area contributed by atoms with E-state index in [4.69, 9.17) is 18.9 Å². The zero-order valence-electron chi connectivity index (χ0n) is 20.6. The molecule has 1 fully saturated rings. The maximum atomic E-state index is 12.9. The average molecular weight is 486 g/mol. The highest BCUT2D eigenvalue weighted by Gasteiger charge is 2.27. The van der Waals surface area contributed by atoms with Crippen molar-refractivity contribution in [3.05, 3.63) is 89.2 Å². The molecule has 0 aromatic heterocycles. The predicted octanol–water partition coefficient (Wildman–Crippen LogP) is 5.76. The molecule has 0 radical (unpaired) electrons. The van der Waals surface area contributed by atoms with Crippen LogP contribution in [0.25, 0.3) is 6.08 Å². The summed E-state index contributed by atoms with van der Waals surface area (Å²) in [5.41, 5.74) is 2.39. The van der Waals surface area contributed by atoms with Crippen molar-refractivity contribution in [3.8, 4) is 23.0 Å². The molecule has 5 rings (SSSR count). The third kappa shape index (κ3) is 5.89. The van der Waals surface area contributed by atoms with Gasteiger partial charge in [-0.1, -0.05) is 30.7 Å². The van der Waals surface area contributed by atoms with Crippen LogP contribution in [-0.4, -0.2) is 44.0 Å². The summed E-state index contributed by atoms with van der Waals surface area (Å²) < 4.78 is 23.1. The van der Waals surface area contributed by atoms with E-state index in [9.17, 15) is 4.79 Å². The van der Waals surface area contributed by atoms with Crippen LogP contribution in [0.2, 0.25) is 0 Å². The van der Waals surface area contributed by atoms with E-state index in [0.29, 0.717) is 41.8 Å². The number of likely N-dealkylation sites (tertiary alicyclic amines) is 1. The van der Waals surface area contributed by atoms with E-state index in [0.717, 1.165) is 36.5 Å². The minimum Gasteiger partial charge on any atom is -0.497 e. The van der Waals surface area contributed by atoms with Crippen molar-refractivity contribution in [3.63, 3.8) is 0 Å². The first-order chi connectivity index (χ1) is 17.7. The highest BCUT2D eigenvalue weighted by molar-refractivity contribution is 6.14. The minimum absolute atomic E-state index is 0.132. The van der Waals surface area contributed by atoms with Crippen LogP contribution < -0.4 is 18.9 Å². The Bertz CT molecular complexity index is 1250. The number of carbonyl (C=O) groups excluding carboxylic acids is 1. The van der Waals surface area contributed by atoms with Gasteiger partial charge >= 0.3 is 0 Å². The number of hydrogen-bond donors (Lipinski definition) is 0. The second-order valence-corrected chi connectivity index (χ2v) is 9.06. The van der Waals surface area contributed by atoms with Crippen LogP contribution in [0.4, 0.5) is 0 Å². The number of ether oxygens (including phenoxy) is 4. The Balaban J connectivity index is 1.20. The number of piperidine rings is 1. The summed E-state index contributed by atoms with van der Waals surface area (Å²) >= 11 is 0. The molecule has 3 aromatic rings. The van der Waals surface area contributed by atoms with E-state index in [1.807, 2.05) is 54.6 Å². The van der Waals surface area contributed by atoms with Crippen molar-refractivity contribution < 1.29 is 23.7 Å². The molecule has 0 spiro atoms. The van der Waals surface area contributed by atoms with Gasteiger partial charge < -0.3 is 18.9 Å². The fraction of sp³-hybridized carbons (Fsp3) is 0.300. The highest BCUT2D eigenvalue weighted by Crippen LogP contribution is 2.35. The maximum Gasteiger partial charge on any atom is 0.231 e. The monoisotopic (exact) mass is 485 g/mol. The van der Waals surface area contributed by atoms with Crippen LogP contribution in [0.3, 0.4) is 0 Å². The van der Waals surface area contributed by atoms with Gasteiger partial charge in [-0.3, -0.25) is 9.69 Å². The lowest BCUT2D eigenvalue weighted by Crippen LogP contribution is -2.33. The first-order valence-electron chi connectivity index (χ1n) is 12.5. The molecular weight excluding hydrogens is 454 g/mol. The normalized spacial score (nSPS) is 16.5. The van der Waals surface area contributed by atoms with Crippen LogP contribution in [0.5, 0.6) is 23.0 Å². The molecule has 186 valence electrons. The van der Waals surface area contributed by atoms with Gasteiger partial charge in [0.1, 0.15) is 36.2 Å². The first kappa shape index (κ1) is 23.9. The molecule has 3 aromatic carbocycles. The predicted molar refractivity (Wildman–Crippen MR) is 139 cm³/mol. The molecule has 1 saturated heterocycles. The molecule has 0 atom stereocenters. The Morgan fingerprint density at radius 3 is 2.56 bits per heavy atom. The van der Waals surface area contributed by atoms with Crippen molar-refractivity contribution >= 4 is 11.9 Å². The van der Waals surface area contributed by atoms with E-state index >= 15 is 0 Å². The number of rotatable bonds is 9. The Labute approximate surface area is 212 Å². The van der Waals surface area contributed by atoms with E-state index in [-0.39, 0.29) is 5.78 Å². The molecule has 2 aliphatic heterocycles. The Hall–Kier alpha value is -3.77. The van der Waals surface area contributed by atoms with Crippen molar-refractivity contribution in [2.75, 3.05) is 33.4 Å². The number of ketones is 1. The van der Waals surface area contributed by atoms with Gasteiger partial charge in [-0.25, -0.2) is 0 Å². The van der Waals surface area contributed by atoms with E-state index in [2.05, 4.69) is 4.90 Å². The maximum absolute atomic E-state index is 12.9. The average Bonchev–Trinajstić information content (AvgIpc) is 3.22. The number of methoxy groups -OCH3 is 1. The third-order valence-corrected chi connectivity index (χ3v) is 6.46. The van der Waals surface area contributed by atoms with Crippen molar-refractivity contribution in [2.24, 2.45) is 0 Å². The molecule has 36 heavy (non-hydrogen) atoms. The molecule has 0 amide bonds. The second-order valence-electron chi connectivity index (χ2n) is 9.06. The molecule has 2 aliphatic rings. The SMILES string of the molecule is COc1cccc(COc2cccc(/C=C3\Oc4cc(OCCN5CCCCC5)ccc4C3=O)c2)c1. The van der Waals surface area contributed by atoms with Crippen LogP contribution in [0, 0.1) is 0 Å². The summed E-state index contributed by atoms with van der Waals surface area (Å²) in [4.78, 5) is 15.3. The number of allylic oxidation sites excluding steroid dienone is 1. The quantitative estimate of drug-likeness (QED) is 0.360. The van der Waals surface area contributed by atoms with Crippen LogP contribution in [0.15, 0.2) is 72.5 Å². The molecule has 2 heterocycles. The van der Waals surface area contributed by atoms with E-state index in [1.54, 1.807) is 25.3 Å². The molecule has 0 saturated carbocycles. The smallest absolute Gasteiger partial charge is 0.231 e. The number of fused-ring (bicyclic) bond motifs is 1. The fourth-order valence-electron chi connectivity index (χ4n) is 4.51. The van der Waals surface area contributed by atoms with Crippen LogP contribution in [0.1, 0.15) is 40.7 Å². The highest BCUT2D eigenvalue weighted by atomic mass is 16.5. The summed E-state index contributed by atoms with van der Waals surface area (Å²) in [5.74, 6) is 2.91. The molecule has 0 N–H and O–H groups in total. The Kier molecular flexibility index (Phi) is 7.52. The Morgan fingerprint density at radius 1 is 0.889 bits per heavy atom. The van der Waals surface area contributed by atoms with Gasteiger partial charge in [-0.2, -0.15) is 0 Å². The van der Waals surface area contributed by atoms with Crippen molar-refractivity contribution in [2.45, 2.75) is 25.9 Å². The molecule has 6 heteroatoms. The molecule has 0 bridgehead atoms. The Morgan fingerprint density at radius 2 is 1.69 bits per heavy atom. The summed E-state index contributed by atoms with van der Waals surface area (Å²) in [6.45, 7) is 4.24. The topological polar surface area (TPSA) is 57.2 Å². The lowest BCUT2D eigenvalue weighted by molar-refractivity contribution is 0.101. The van der Waals surface area contributed by atoms with E-state index in [1.165, 1.54) is 19.3 Å². The van der Waals surface area contributed by atoms with Gasteiger partial charge in [0.2, 0.25) is 5.78 Å². The summed E-state index contributed by atoms with van der Waals surface area (Å²) in [7, 11) is 1.64. The molecule has 0 unspecified atom stereocenters. The van der Waals surface area contributed by atoms with Gasteiger partial charge in [0.15, 0.2) is 5.76 Å². The number of Topliss-reactive ketones (excluding diaryl/α,β-unsaturated/α-hetero) is 1. The molecule has 6 nitrogen and oxygen atoms in total. The fourth-order valence-corrected chi connectivity index (χ4v) is 4.51. The van der Waals surface area contributed by atoms with Gasteiger partial charge in [0.05, 0.1) is 12.7 Å². The number of benzene rings is 3. The van der Waals surface area contributed by atoms with Crippen molar-refractivity contribution in [1.82, 2.24) is 4.90 Å². The largest absolute Gasteiger partial charge is 0.497 e. The van der Waals surface area contributed by atoms with Crippen molar-refractivity contribution in [1.29, 1.82) is 0 Å². The van der Waals surface area contributed by atoms with Gasteiger partial charge in [-0.05, 0) is 79.5 Å². The second kappa shape index (κ2) is 11.3. The zero-order chi connectivity index (χ0) is 24.7. The number of carbonyl (C=O) groups is 1. The lowest BCUT2D eigenvalue weighted by atomic mass is 10.1. The van der Waals surface area contributed by atoms with Crippen LogP contribution >= 0.6 is 0 Å². The standard InChI is InChI=1S/C30H31NO5/c1-33-24-9-6-8-23(18-24)21-35-25-10-5-7-22(17-25)19-29-30(32)27-12-11-26(20-28(27)36-29)34-16-15-31-13-3-2-4-14-31/h5-12,17-20H,2-4,13-16,21H2,1H3/b29-19-. The zero-order valence-corrected chi connectivity index (χ0v) is 20.6. The van der Waals surface area contributed by atoms with Crippen LogP contribution in [-0.2, 0) is 6.61 Å². The van der Waals surface area contributed by atoms with Gasteiger partial charge in [0, 0.05) is 12.6 Å².